The largest absolute Gasteiger partial charge is 0.489 e. The number of ether oxygens (including phenoxy) is 1. The standard InChI is InChI=1S/C27H24BrN3O4/c1-3-17(2)25-30-24-11-10-21(28)14-23(24)26(32)31(25)29-15-18-6-5-9-22(13-18)35-16-19-7-4-8-20(12-19)27(33)34/h4-15,17H,3,16H2,1-2H3,(H,33,34)/t17-/m1/s1. The number of aromatic carboxylic acids is 1. The Hall–Kier alpha value is -3.78. The molecule has 35 heavy (non-hydrogen) atoms. The molecule has 0 aliphatic carbocycles. The van der Waals surface area contributed by atoms with Crippen LogP contribution in [0.5, 0.6) is 5.75 Å². The van der Waals surface area contributed by atoms with E-state index in [-0.39, 0.29) is 23.6 Å². The molecule has 0 fully saturated rings. The van der Waals surface area contributed by atoms with E-state index in [1.54, 1.807) is 30.5 Å². The van der Waals surface area contributed by atoms with Gasteiger partial charge in [-0.25, -0.2) is 9.78 Å². The molecule has 0 amide bonds. The average molecular weight is 534 g/mol. The van der Waals surface area contributed by atoms with Crippen LogP contribution in [0.25, 0.3) is 10.9 Å². The molecule has 0 bridgehead atoms. The van der Waals surface area contributed by atoms with E-state index in [0.29, 0.717) is 22.5 Å². The second-order valence-electron chi connectivity index (χ2n) is 8.17. The van der Waals surface area contributed by atoms with Crippen molar-refractivity contribution in [1.29, 1.82) is 0 Å². The molecule has 0 aliphatic rings. The maximum absolute atomic E-state index is 13.3. The Morgan fingerprint density at radius 1 is 1.17 bits per heavy atom. The topological polar surface area (TPSA) is 93.8 Å². The van der Waals surface area contributed by atoms with Crippen molar-refractivity contribution in [3.63, 3.8) is 0 Å². The van der Waals surface area contributed by atoms with Gasteiger partial charge in [-0.1, -0.05) is 54.0 Å². The zero-order valence-corrected chi connectivity index (χ0v) is 20.9. The molecule has 0 unspecified atom stereocenters. The molecule has 4 rings (SSSR count). The molecule has 4 aromatic rings. The number of carbonyl (C=O) groups is 1. The summed E-state index contributed by atoms with van der Waals surface area (Å²) in [5.74, 6) is 0.274. The molecule has 1 N–H and O–H groups in total. The highest BCUT2D eigenvalue weighted by molar-refractivity contribution is 9.10. The Labute approximate surface area is 210 Å². The van der Waals surface area contributed by atoms with Crippen LogP contribution in [0.2, 0.25) is 0 Å². The summed E-state index contributed by atoms with van der Waals surface area (Å²) in [5, 5.41) is 14.1. The number of carboxylic acid groups (broad SMARTS) is 1. The lowest BCUT2D eigenvalue weighted by Crippen LogP contribution is -2.23. The van der Waals surface area contributed by atoms with Crippen molar-refractivity contribution in [1.82, 2.24) is 9.66 Å². The number of hydrogen-bond acceptors (Lipinski definition) is 5. The molecule has 0 aliphatic heterocycles. The minimum atomic E-state index is -0.979. The highest BCUT2D eigenvalue weighted by Crippen LogP contribution is 2.21. The minimum absolute atomic E-state index is 0.0455. The molecule has 0 saturated heterocycles. The molecule has 0 radical (unpaired) electrons. The lowest BCUT2D eigenvalue weighted by molar-refractivity contribution is 0.0696. The number of carboxylic acids is 1. The maximum Gasteiger partial charge on any atom is 0.335 e. The summed E-state index contributed by atoms with van der Waals surface area (Å²) in [6.07, 6.45) is 2.42. The van der Waals surface area contributed by atoms with Gasteiger partial charge < -0.3 is 9.84 Å². The van der Waals surface area contributed by atoms with Gasteiger partial charge in [0.2, 0.25) is 0 Å². The fourth-order valence-electron chi connectivity index (χ4n) is 3.55. The van der Waals surface area contributed by atoms with Crippen molar-refractivity contribution >= 4 is 39.0 Å². The van der Waals surface area contributed by atoms with Gasteiger partial charge in [0.1, 0.15) is 18.2 Å². The minimum Gasteiger partial charge on any atom is -0.489 e. The van der Waals surface area contributed by atoms with Gasteiger partial charge in [-0.05, 0) is 60.0 Å². The van der Waals surface area contributed by atoms with E-state index in [4.69, 9.17) is 14.8 Å². The molecule has 0 spiro atoms. The summed E-state index contributed by atoms with van der Waals surface area (Å²) in [7, 11) is 0. The summed E-state index contributed by atoms with van der Waals surface area (Å²) in [5.41, 5.74) is 2.13. The number of fused-ring (bicyclic) bond motifs is 1. The second-order valence-corrected chi connectivity index (χ2v) is 9.08. The van der Waals surface area contributed by atoms with Crippen molar-refractivity contribution in [3.05, 3.63) is 104 Å². The van der Waals surface area contributed by atoms with E-state index in [2.05, 4.69) is 21.0 Å². The fraction of sp³-hybridized carbons (Fsp3) is 0.185. The molecular formula is C27H24BrN3O4. The van der Waals surface area contributed by atoms with Gasteiger partial charge in [0.05, 0.1) is 22.7 Å². The van der Waals surface area contributed by atoms with Gasteiger partial charge in [-0.15, -0.1) is 0 Å². The molecule has 178 valence electrons. The van der Waals surface area contributed by atoms with Crippen molar-refractivity contribution in [2.75, 3.05) is 0 Å². The SMILES string of the molecule is CC[C@@H](C)c1nc2ccc(Br)cc2c(=O)n1N=Cc1cccc(OCc2cccc(C(=O)O)c2)c1. The predicted octanol–water partition coefficient (Wildman–Crippen LogP) is 5.83. The van der Waals surface area contributed by atoms with Crippen LogP contribution in [0.15, 0.2) is 81.1 Å². The van der Waals surface area contributed by atoms with E-state index in [0.717, 1.165) is 22.0 Å². The Morgan fingerprint density at radius 3 is 2.74 bits per heavy atom. The van der Waals surface area contributed by atoms with Crippen molar-refractivity contribution < 1.29 is 14.6 Å². The van der Waals surface area contributed by atoms with Crippen molar-refractivity contribution in [3.8, 4) is 5.75 Å². The molecule has 1 aromatic heterocycles. The van der Waals surface area contributed by atoms with Crippen LogP contribution in [0, 0.1) is 0 Å². The van der Waals surface area contributed by atoms with E-state index in [1.165, 1.54) is 4.68 Å². The third-order valence-corrected chi connectivity index (χ3v) is 6.14. The summed E-state index contributed by atoms with van der Waals surface area (Å²) in [6.45, 7) is 4.29. The van der Waals surface area contributed by atoms with Gasteiger partial charge >= 0.3 is 5.97 Å². The van der Waals surface area contributed by atoms with Crippen LogP contribution >= 0.6 is 15.9 Å². The quantitative estimate of drug-likeness (QED) is 0.287. The number of halogens is 1. The summed E-state index contributed by atoms with van der Waals surface area (Å²) >= 11 is 3.42. The smallest absolute Gasteiger partial charge is 0.335 e. The van der Waals surface area contributed by atoms with Crippen LogP contribution < -0.4 is 10.3 Å². The van der Waals surface area contributed by atoms with Crippen LogP contribution in [-0.2, 0) is 6.61 Å². The number of rotatable bonds is 8. The lowest BCUT2D eigenvalue weighted by atomic mass is 10.1. The Balaban J connectivity index is 1.61. The number of nitrogens with zero attached hydrogens (tertiary/aromatic N) is 3. The maximum atomic E-state index is 13.3. The van der Waals surface area contributed by atoms with Crippen LogP contribution in [-0.4, -0.2) is 27.0 Å². The summed E-state index contributed by atoms with van der Waals surface area (Å²) in [4.78, 5) is 29.2. The average Bonchev–Trinajstić information content (AvgIpc) is 2.87. The molecule has 0 saturated carbocycles. The lowest BCUT2D eigenvalue weighted by Gasteiger charge is -2.14. The predicted molar refractivity (Wildman–Crippen MR) is 140 cm³/mol. The molecule has 7 nitrogen and oxygen atoms in total. The molecule has 3 aromatic carbocycles. The first kappa shape index (κ1) is 24.3. The normalized spacial score (nSPS) is 12.2. The van der Waals surface area contributed by atoms with E-state index in [1.807, 2.05) is 56.3 Å². The Bertz CT molecular complexity index is 1480. The van der Waals surface area contributed by atoms with Crippen LogP contribution in [0.1, 0.15) is 53.5 Å². The molecule has 1 atom stereocenters. The Kier molecular flexibility index (Phi) is 7.41. The van der Waals surface area contributed by atoms with Gasteiger partial charge in [0, 0.05) is 10.4 Å². The number of aromatic nitrogens is 2. The first-order valence-corrected chi connectivity index (χ1v) is 12.0. The number of benzene rings is 3. The van der Waals surface area contributed by atoms with Gasteiger partial charge in [0.15, 0.2) is 0 Å². The third-order valence-electron chi connectivity index (χ3n) is 5.65. The van der Waals surface area contributed by atoms with Gasteiger partial charge in [0.25, 0.3) is 5.56 Å². The van der Waals surface area contributed by atoms with Gasteiger partial charge in [-0.2, -0.15) is 9.78 Å². The molecule has 1 heterocycles. The highest BCUT2D eigenvalue weighted by Gasteiger charge is 2.15. The number of hydrogen-bond donors (Lipinski definition) is 1. The molecular weight excluding hydrogens is 510 g/mol. The van der Waals surface area contributed by atoms with Crippen molar-refractivity contribution in [2.24, 2.45) is 5.10 Å². The summed E-state index contributed by atoms with van der Waals surface area (Å²) < 4.78 is 8.02. The first-order valence-electron chi connectivity index (χ1n) is 11.2. The summed E-state index contributed by atoms with van der Waals surface area (Å²) in [6, 6.07) is 19.4. The van der Waals surface area contributed by atoms with E-state index < -0.39 is 5.97 Å². The van der Waals surface area contributed by atoms with Crippen LogP contribution in [0.4, 0.5) is 0 Å². The van der Waals surface area contributed by atoms with Crippen molar-refractivity contribution in [2.45, 2.75) is 32.8 Å². The third kappa shape index (κ3) is 5.66. The molecule has 8 heteroatoms. The Morgan fingerprint density at radius 2 is 1.97 bits per heavy atom. The first-order chi connectivity index (χ1) is 16.9. The fourth-order valence-corrected chi connectivity index (χ4v) is 3.91. The zero-order valence-electron chi connectivity index (χ0n) is 19.3. The van der Waals surface area contributed by atoms with E-state index in [9.17, 15) is 9.59 Å². The van der Waals surface area contributed by atoms with E-state index >= 15 is 0 Å². The van der Waals surface area contributed by atoms with Crippen LogP contribution in [0.3, 0.4) is 0 Å². The second kappa shape index (κ2) is 10.7. The monoisotopic (exact) mass is 533 g/mol. The van der Waals surface area contributed by atoms with Gasteiger partial charge in [-0.3, -0.25) is 4.79 Å². The zero-order chi connectivity index (χ0) is 24.9. The highest BCUT2D eigenvalue weighted by atomic mass is 79.9.